The van der Waals surface area contributed by atoms with E-state index in [0.29, 0.717) is 37.8 Å². The van der Waals surface area contributed by atoms with Gasteiger partial charge in [-0.2, -0.15) is 0 Å². The van der Waals surface area contributed by atoms with Crippen molar-refractivity contribution in [3.63, 3.8) is 0 Å². The highest BCUT2D eigenvalue weighted by Crippen LogP contribution is 2.22. The molecule has 1 amide bonds. The molecule has 0 radical (unpaired) electrons. The molecule has 0 aliphatic carbocycles. The fourth-order valence-electron chi connectivity index (χ4n) is 3.35. The number of likely N-dealkylation sites (tertiary alicyclic amines) is 1. The van der Waals surface area contributed by atoms with Gasteiger partial charge in [0.25, 0.3) is 5.91 Å². The summed E-state index contributed by atoms with van der Waals surface area (Å²) in [6.45, 7) is 3.11. The van der Waals surface area contributed by atoms with Crippen molar-refractivity contribution < 1.29 is 18.7 Å². The molecule has 7 nitrogen and oxygen atoms in total. The van der Waals surface area contributed by atoms with E-state index in [0.717, 1.165) is 30.7 Å². The summed E-state index contributed by atoms with van der Waals surface area (Å²) in [7, 11) is 0. The van der Waals surface area contributed by atoms with Crippen LogP contribution in [-0.2, 0) is 6.54 Å². The molecule has 2 aliphatic heterocycles. The number of aliphatic hydroxyl groups is 1. The Balaban J connectivity index is 1.40. The lowest BCUT2D eigenvalue weighted by Crippen LogP contribution is -2.35. The third kappa shape index (κ3) is 3.52. The predicted molar refractivity (Wildman–Crippen MR) is 89.6 cm³/mol. The smallest absolute Gasteiger partial charge is 0.276 e. The number of furan rings is 1. The van der Waals surface area contributed by atoms with E-state index >= 15 is 0 Å². The van der Waals surface area contributed by atoms with Crippen LogP contribution in [0.3, 0.4) is 0 Å². The lowest BCUT2D eigenvalue weighted by atomic mass is 10.1. The van der Waals surface area contributed by atoms with Crippen molar-refractivity contribution in [1.29, 1.82) is 0 Å². The summed E-state index contributed by atoms with van der Waals surface area (Å²) in [4.78, 5) is 20.9. The van der Waals surface area contributed by atoms with Gasteiger partial charge in [0.15, 0.2) is 5.69 Å². The van der Waals surface area contributed by atoms with Crippen molar-refractivity contribution >= 4 is 11.5 Å². The van der Waals surface area contributed by atoms with Crippen LogP contribution in [0.2, 0.25) is 0 Å². The number of rotatable bonds is 4. The van der Waals surface area contributed by atoms with E-state index in [9.17, 15) is 9.90 Å². The summed E-state index contributed by atoms with van der Waals surface area (Å²) >= 11 is 0. The van der Waals surface area contributed by atoms with Gasteiger partial charge in [-0.25, -0.2) is 4.98 Å². The number of aliphatic hydroxyl groups excluding tert-OH is 1. The molecule has 0 saturated carbocycles. The molecule has 0 spiro atoms. The lowest BCUT2D eigenvalue weighted by Gasteiger charge is -2.25. The molecule has 25 heavy (non-hydrogen) atoms. The summed E-state index contributed by atoms with van der Waals surface area (Å²) in [6, 6.07) is 3.74. The first-order chi connectivity index (χ1) is 12.2. The standard InChI is InChI=1S/C18H21N3O4/c22-14-5-7-20(10-14)11-17-19-15(12-25-17)18(23)21-6-1-3-13(9-21)16-4-2-8-24-16/h2-4,8,12,14,22H,1,5-7,9-11H2/t14-/m0/s1. The van der Waals surface area contributed by atoms with Crippen LogP contribution in [-0.4, -0.2) is 58.1 Å². The minimum Gasteiger partial charge on any atom is -0.465 e. The Morgan fingerprint density at radius 1 is 1.36 bits per heavy atom. The van der Waals surface area contributed by atoms with Crippen LogP contribution in [0.15, 0.2) is 39.6 Å². The van der Waals surface area contributed by atoms with E-state index < -0.39 is 0 Å². The average Bonchev–Trinajstić information content (AvgIpc) is 3.37. The average molecular weight is 343 g/mol. The first-order valence-electron chi connectivity index (χ1n) is 8.56. The highest BCUT2D eigenvalue weighted by molar-refractivity contribution is 5.93. The van der Waals surface area contributed by atoms with Crippen LogP contribution in [0, 0.1) is 0 Å². The highest BCUT2D eigenvalue weighted by Gasteiger charge is 2.25. The monoisotopic (exact) mass is 343 g/mol. The molecule has 1 saturated heterocycles. The van der Waals surface area contributed by atoms with E-state index in [2.05, 4.69) is 16.0 Å². The van der Waals surface area contributed by atoms with Gasteiger partial charge in [0, 0.05) is 31.8 Å². The minimum atomic E-state index is -0.281. The van der Waals surface area contributed by atoms with Crippen molar-refractivity contribution in [2.45, 2.75) is 25.5 Å². The Hall–Kier alpha value is -2.38. The summed E-state index contributed by atoms with van der Waals surface area (Å²) in [6.07, 6.45) is 6.44. The Kier molecular flexibility index (Phi) is 4.42. The van der Waals surface area contributed by atoms with Crippen LogP contribution in [0.5, 0.6) is 0 Å². The van der Waals surface area contributed by atoms with Crippen LogP contribution < -0.4 is 0 Å². The first kappa shape index (κ1) is 16.1. The number of nitrogens with zero attached hydrogens (tertiary/aromatic N) is 3. The topological polar surface area (TPSA) is 83.0 Å². The number of hydrogen-bond acceptors (Lipinski definition) is 6. The van der Waals surface area contributed by atoms with E-state index in [1.54, 1.807) is 11.2 Å². The number of oxazole rings is 1. The van der Waals surface area contributed by atoms with E-state index in [4.69, 9.17) is 8.83 Å². The number of hydrogen-bond donors (Lipinski definition) is 1. The second kappa shape index (κ2) is 6.85. The third-order valence-corrected chi connectivity index (χ3v) is 4.65. The lowest BCUT2D eigenvalue weighted by molar-refractivity contribution is 0.0768. The number of amides is 1. The fraction of sp³-hybridized carbons (Fsp3) is 0.444. The SMILES string of the molecule is O=C(c1coc(CN2CC[C@H](O)C2)n1)N1CCC=C(c2ccco2)C1. The molecule has 2 aromatic heterocycles. The molecular formula is C18H21N3O4. The number of carbonyl (C=O) groups is 1. The molecule has 1 N–H and O–H groups in total. The molecule has 7 heteroatoms. The van der Waals surface area contributed by atoms with Crippen molar-refractivity contribution in [3.8, 4) is 0 Å². The van der Waals surface area contributed by atoms with Crippen LogP contribution >= 0.6 is 0 Å². The van der Waals surface area contributed by atoms with Gasteiger partial charge in [-0.3, -0.25) is 9.69 Å². The molecule has 1 atom stereocenters. The van der Waals surface area contributed by atoms with Crippen molar-refractivity contribution in [3.05, 3.63) is 48.1 Å². The fourth-order valence-corrected chi connectivity index (χ4v) is 3.35. The zero-order valence-corrected chi connectivity index (χ0v) is 13.9. The van der Waals surface area contributed by atoms with E-state index in [1.165, 1.54) is 6.26 Å². The van der Waals surface area contributed by atoms with E-state index in [1.807, 2.05) is 12.1 Å². The summed E-state index contributed by atoms with van der Waals surface area (Å²) in [5.41, 5.74) is 1.34. The van der Waals surface area contributed by atoms with E-state index in [-0.39, 0.29) is 12.0 Å². The molecule has 1 fully saturated rings. The molecule has 4 heterocycles. The van der Waals surface area contributed by atoms with Crippen LogP contribution in [0.25, 0.3) is 5.57 Å². The Bertz CT molecular complexity index is 765. The van der Waals surface area contributed by atoms with Crippen molar-refractivity contribution in [2.75, 3.05) is 26.2 Å². The third-order valence-electron chi connectivity index (χ3n) is 4.65. The van der Waals surface area contributed by atoms with Gasteiger partial charge in [0.05, 0.1) is 18.9 Å². The largest absolute Gasteiger partial charge is 0.465 e. The normalized spacial score (nSPS) is 21.6. The van der Waals surface area contributed by atoms with Crippen molar-refractivity contribution in [1.82, 2.24) is 14.8 Å². The Labute approximate surface area is 145 Å². The molecule has 132 valence electrons. The zero-order chi connectivity index (χ0) is 17.2. The van der Waals surface area contributed by atoms with Gasteiger partial charge in [-0.15, -0.1) is 0 Å². The number of aromatic nitrogens is 1. The predicted octanol–water partition coefficient (Wildman–Crippen LogP) is 1.76. The van der Waals surface area contributed by atoms with Gasteiger partial charge < -0.3 is 18.8 Å². The van der Waals surface area contributed by atoms with Gasteiger partial charge >= 0.3 is 0 Å². The van der Waals surface area contributed by atoms with Gasteiger partial charge in [0.2, 0.25) is 5.89 Å². The molecular weight excluding hydrogens is 322 g/mol. The van der Waals surface area contributed by atoms with Crippen molar-refractivity contribution in [2.24, 2.45) is 0 Å². The second-order valence-corrected chi connectivity index (χ2v) is 6.53. The van der Waals surface area contributed by atoms with Crippen LogP contribution in [0.4, 0.5) is 0 Å². The maximum atomic E-state index is 12.7. The molecule has 0 unspecified atom stereocenters. The second-order valence-electron chi connectivity index (χ2n) is 6.53. The summed E-state index contributed by atoms with van der Waals surface area (Å²) in [5, 5.41) is 9.58. The van der Waals surface area contributed by atoms with Gasteiger partial charge in [0.1, 0.15) is 12.0 Å². The van der Waals surface area contributed by atoms with Gasteiger partial charge in [-0.1, -0.05) is 6.08 Å². The Morgan fingerprint density at radius 3 is 3.04 bits per heavy atom. The highest BCUT2D eigenvalue weighted by atomic mass is 16.3. The molecule has 2 aromatic rings. The molecule has 0 aromatic carbocycles. The summed E-state index contributed by atoms with van der Waals surface area (Å²) < 4.78 is 10.9. The van der Waals surface area contributed by atoms with Crippen LogP contribution in [0.1, 0.15) is 35.0 Å². The number of β-amino-alcohol motifs (C(OH)–C–C–N with tert-alkyl or cyclic N) is 1. The molecule has 2 aliphatic rings. The number of carbonyl (C=O) groups excluding carboxylic acids is 1. The summed E-state index contributed by atoms with van der Waals surface area (Å²) in [5.74, 6) is 1.18. The zero-order valence-electron chi connectivity index (χ0n) is 13.9. The Morgan fingerprint density at radius 2 is 2.28 bits per heavy atom. The first-order valence-corrected chi connectivity index (χ1v) is 8.56. The minimum absolute atomic E-state index is 0.131. The maximum absolute atomic E-state index is 12.7. The molecule has 0 bridgehead atoms. The molecule has 4 rings (SSSR count). The quantitative estimate of drug-likeness (QED) is 0.911. The van der Waals surface area contributed by atoms with Gasteiger partial charge in [-0.05, 0) is 25.0 Å². The maximum Gasteiger partial charge on any atom is 0.276 e.